The molecule has 0 fully saturated rings. The summed E-state index contributed by atoms with van der Waals surface area (Å²) in [5.41, 5.74) is 10.7. The van der Waals surface area contributed by atoms with Gasteiger partial charge in [0.05, 0.1) is 64.0 Å². The van der Waals surface area contributed by atoms with Gasteiger partial charge in [0.25, 0.3) is 11.8 Å². The summed E-state index contributed by atoms with van der Waals surface area (Å²) >= 11 is 0. The van der Waals surface area contributed by atoms with Gasteiger partial charge in [-0.15, -0.1) is 0 Å². The molecule has 77 heavy (non-hydrogen) atoms. The summed E-state index contributed by atoms with van der Waals surface area (Å²) < 4.78 is 36.1. The zero-order chi connectivity index (χ0) is 53.9. The number of benzene rings is 5. The van der Waals surface area contributed by atoms with Gasteiger partial charge in [-0.1, -0.05) is 58.0 Å². The molecule has 2 amide bonds. The lowest BCUT2D eigenvalue weighted by molar-refractivity contribution is -0.117. The van der Waals surface area contributed by atoms with Crippen LogP contribution in [0.1, 0.15) is 94.1 Å². The SMILES string of the molecule is CC=NCC(=O)CCCSSC(C)(C)CN(CCOCCOCCOC)c1cc(COc2cc3c(cc2C)C(=O)N2c4ccccc4C[C@H]2CC3)cc(COc2cc3c(cc2OC)C(=O)N2c4ccccc4C[C@H]2C=N3)c1. The number of hydrogen-bond acceptors (Lipinski definition) is 14. The van der Waals surface area contributed by atoms with Gasteiger partial charge in [-0.3, -0.25) is 29.3 Å². The summed E-state index contributed by atoms with van der Waals surface area (Å²) in [7, 11) is 6.84. The van der Waals surface area contributed by atoms with Crippen LogP contribution in [0.4, 0.5) is 22.7 Å². The van der Waals surface area contributed by atoms with Crippen LogP contribution in [0.3, 0.4) is 0 Å². The molecule has 0 saturated carbocycles. The minimum atomic E-state index is -0.217. The standard InChI is InChI=1S/C61H71N5O9S2/c1-7-62-37-50(67)15-12-26-76-77-61(3,4)40-64(20-21-72-24-25-73-23-22-70-5)48-29-42(38-74-56-33-44-18-19-47-31-45-13-8-10-16-54(45)65(47)59(68)51(44)27-41(56)2)28-43(30-48)39-75-58-35-53-52(34-57(58)71-6)60(69)66-49(36-63-53)32-46-14-9-11-17-55(46)66/h7-11,13-14,16-17,27-30,33-36,47,49H,12,15,18-26,31-32,37-40H2,1-6H3/t47-,49+/m1/s1. The number of aliphatic imine (C=N–C) groups is 2. The lowest BCUT2D eigenvalue weighted by Gasteiger charge is -2.34. The highest BCUT2D eigenvalue weighted by Crippen LogP contribution is 2.43. The van der Waals surface area contributed by atoms with Crippen LogP contribution in [-0.2, 0) is 51.5 Å². The summed E-state index contributed by atoms with van der Waals surface area (Å²) in [6.07, 6.45) is 8.04. The number of ketones is 1. The average molecular weight is 1080 g/mol. The molecular formula is C61H71N5O9S2. The number of rotatable bonds is 27. The Bertz CT molecular complexity index is 2980. The molecule has 2 atom stereocenters. The van der Waals surface area contributed by atoms with Crippen molar-refractivity contribution in [3.63, 3.8) is 0 Å². The van der Waals surface area contributed by atoms with Crippen LogP contribution in [-0.4, -0.2) is 119 Å². The van der Waals surface area contributed by atoms with E-state index in [-0.39, 0.29) is 54.2 Å². The minimum Gasteiger partial charge on any atom is -0.493 e. The highest BCUT2D eigenvalue weighted by atomic mass is 33.1. The third-order valence-corrected chi connectivity index (χ3v) is 17.6. The number of methoxy groups -OCH3 is 2. The molecule has 406 valence electrons. The first kappa shape index (κ1) is 55.6. The highest BCUT2D eigenvalue weighted by Gasteiger charge is 2.38. The molecule has 5 aromatic rings. The van der Waals surface area contributed by atoms with Gasteiger partial charge in [0.1, 0.15) is 19.0 Å². The third-order valence-electron chi connectivity index (χ3n) is 14.3. The Hall–Kier alpha value is -6.17. The van der Waals surface area contributed by atoms with Gasteiger partial charge in [-0.05, 0) is 142 Å². The molecule has 4 aliphatic heterocycles. The van der Waals surface area contributed by atoms with Crippen LogP contribution in [0.25, 0.3) is 0 Å². The van der Waals surface area contributed by atoms with Crippen molar-refractivity contribution in [2.75, 3.05) is 87.3 Å². The maximum Gasteiger partial charge on any atom is 0.261 e. The zero-order valence-electron chi connectivity index (χ0n) is 45.2. The monoisotopic (exact) mass is 1080 g/mol. The summed E-state index contributed by atoms with van der Waals surface area (Å²) in [6, 6.07) is 30.2. The highest BCUT2D eigenvalue weighted by molar-refractivity contribution is 8.77. The van der Waals surface area contributed by atoms with Crippen LogP contribution >= 0.6 is 21.6 Å². The van der Waals surface area contributed by atoms with E-state index in [1.807, 2.05) is 77.1 Å². The van der Waals surface area contributed by atoms with Crippen molar-refractivity contribution in [3.05, 3.63) is 136 Å². The number of carbonyl (C=O) groups is 3. The zero-order valence-corrected chi connectivity index (χ0v) is 46.9. The van der Waals surface area contributed by atoms with E-state index in [1.165, 1.54) is 5.56 Å². The Morgan fingerprint density at radius 1 is 0.792 bits per heavy atom. The quantitative estimate of drug-likeness (QED) is 0.0281. The summed E-state index contributed by atoms with van der Waals surface area (Å²) in [6.45, 7) is 12.7. The van der Waals surface area contributed by atoms with E-state index in [0.29, 0.717) is 81.7 Å². The molecule has 9 rings (SSSR count). The Labute approximate surface area is 461 Å². The molecule has 4 heterocycles. The average Bonchev–Trinajstić information content (AvgIpc) is 3.96. The molecular weight excluding hydrogens is 1010 g/mol. The van der Waals surface area contributed by atoms with Gasteiger partial charge in [0.2, 0.25) is 0 Å². The number of aryl methyl sites for hydroxylation is 2. The molecule has 0 aromatic heterocycles. The fraction of sp³-hybridized carbons (Fsp3) is 0.426. The first-order valence-corrected chi connectivity index (χ1v) is 29.0. The van der Waals surface area contributed by atoms with E-state index in [0.717, 1.165) is 87.6 Å². The first-order valence-electron chi connectivity index (χ1n) is 26.7. The van der Waals surface area contributed by atoms with Gasteiger partial charge < -0.3 is 38.2 Å². The van der Waals surface area contributed by atoms with Gasteiger partial charge >= 0.3 is 0 Å². The van der Waals surface area contributed by atoms with Crippen LogP contribution in [0, 0.1) is 6.92 Å². The van der Waals surface area contributed by atoms with Gasteiger partial charge in [0.15, 0.2) is 17.3 Å². The van der Waals surface area contributed by atoms with E-state index in [4.69, 9.17) is 33.4 Å². The molecule has 0 bridgehead atoms. The van der Waals surface area contributed by atoms with Gasteiger partial charge in [-0.25, -0.2) is 0 Å². The third kappa shape index (κ3) is 13.6. The number of anilines is 3. The van der Waals surface area contributed by atoms with E-state index in [1.54, 1.807) is 43.4 Å². The van der Waals surface area contributed by atoms with E-state index < -0.39 is 0 Å². The number of hydrogen-bond donors (Lipinski definition) is 0. The summed E-state index contributed by atoms with van der Waals surface area (Å²) in [4.78, 5) is 56.0. The van der Waals surface area contributed by atoms with E-state index >= 15 is 0 Å². The van der Waals surface area contributed by atoms with Crippen molar-refractivity contribution in [1.82, 2.24) is 0 Å². The van der Waals surface area contributed by atoms with E-state index in [9.17, 15) is 14.4 Å². The molecule has 0 radical (unpaired) electrons. The number of nitrogens with zero attached hydrogens (tertiary/aromatic N) is 5. The topological polar surface area (TPSA) is 141 Å². The second kappa shape index (κ2) is 26.0. The smallest absolute Gasteiger partial charge is 0.261 e. The molecule has 0 spiro atoms. The molecule has 16 heteroatoms. The van der Waals surface area contributed by atoms with Crippen molar-refractivity contribution in [1.29, 1.82) is 0 Å². The Kier molecular flexibility index (Phi) is 18.8. The van der Waals surface area contributed by atoms with Crippen molar-refractivity contribution < 1.29 is 42.8 Å². The fourth-order valence-corrected chi connectivity index (χ4v) is 13.1. The Morgan fingerprint density at radius 3 is 2.22 bits per heavy atom. The van der Waals surface area contributed by atoms with Crippen LogP contribution in [0.15, 0.2) is 101 Å². The van der Waals surface area contributed by atoms with Crippen LogP contribution < -0.4 is 28.9 Å². The number of fused-ring (bicyclic) bond motifs is 8. The molecule has 0 aliphatic carbocycles. The minimum absolute atomic E-state index is 0.0463. The Balaban J connectivity index is 0.982. The lowest BCUT2D eigenvalue weighted by Crippen LogP contribution is -2.38. The number of para-hydroxylation sites is 2. The van der Waals surface area contributed by atoms with Crippen LogP contribution in [0.2, 0.25) is 0 Å². The molecule has 0 saturated heterocycles. The molecule has 0 unspecified atom stereocenters. The number of Topliss-reactive ketones (excluding diaryl/α,β-unsaturated/α-hetero) is 1. The van der Waals surface area contributed by atoms with Crippen molar-refractivity contribution in [2.45, 2.75) is 96.3 Å². The molecule has 5 aromatic carbocycles. The van der Waals surface area contributed by atoms with Crippen LogP contribution in [0.5, 0.6) is 17.2 Å². The van der Waals surface area contributed by atoms with Crippen molar-refractivity contribution in [3.8, 4) is 17.2 Å². The van der Waals surface area contributed by atoms with Gasteiger partial charge in [0, 0.05) is 84.5 Å². The molecule has 14 nitrogen and oxygen atoms in total. The fourth-order valence-electron chi connectivity index (χ4n) is 10.5. The maximum absolute atomic E-state index is 14.3. The van der Waals surface area contributed by atoms with E-state index in [2.05, 4.69) is 66.2 Å². The van der Waals surface area contributed by atoms with Crippen molar-refractivity contribution in [2.24, 2.45) is 9.98 Å². The molecule has 0 N–H and O–H groups in total. The van der Waals surface area contributed by atoms with Crippen molar-refractivity contribution >= 4 is 74.4 Å². The normalized spacial score (nSPS) is 16.3. The predicted octanol–water partition coefficient (Wildman–Crippen LogP) is 11.1. The summed E-state index contributed by atoms with van der Waals surface area (Å²) in [5.74, 6) is 2.55. The largest absolute Gasteiger partial charge is 0.493 e. The second-order valence-electron chi connectivity index (χ2n) is 20.5. The summed E-state index contributed by atoms with van der Waals surface area (Å²) in [5, 5.41) is 0. The lowest BCUT2D eigenvalue weighted by atomic mass is 9.98. The Morgan fingerprint density at radius 2 is 1.48 bits per heavy atom. The number of amides is 2. The number of ether oxygens (including phenoxy) is 6. The first-order chi connectivity index (χ1) is 37.4. The van der Waals surface area contributed by atoms with Gasteiger partial charge in [-0.2, -0.15) is 0 Å². The predicted molar refractivity (Wildman–Crippen MR) is 310 cm³/mol. The molecule has 4 aliphatic rings. The second-order valence-corrected chi connectivity index (χ2v) is 23.6. The maximum atomic E-state index is 14.3. The number of carbonyl (C=O) groups excluding carboxylic acids is 3.